The van der Waals surface area contributed by atoms with Crippen molar-refractivity contribution in [3.8, 4) is 0 Å². The van der Waals surface area contributed by atoms with Gasteiger partial charge in [0.1, 0.15) is 0 Å². The number of carbonyl (C=O) groups is 2. The molecule has 2 heterocycles. The van der Waals surface area contributed by atoms with E-state index in [9.17, 15) is 9.59 Å². The molecule has 0 aromatic heterocycles. The van der Waals surface area contributed by atoms with Gasteiger partial charge >= 0.3 is 0 Å². The Labute approximate surface area is 168 Å². The van der Waals surface area contributed by atoms with Crippen LogP contribution in [0.25, 0.3) is 0 Å². The second-order valence-corrected chi connectivity index (χ2v) is 9.48. The number of carbonyl (C=O) groups excluding carboxylic acids is 2. The standard InChI is InChI=1S/C21H35N3O2S/c1-16(14-27-15-17-8-11-23(12-9-17)13-20(22)25)21(26)24-10-4-6-18-5-2-3-7-19(18)24/h14,17-19H,2-13,15H2,1H3,(H2,22,25)/b16-14+. The van der Waals surface area contributed by atoms with Crippen molar-refractivity contribution in [2.24, 2.45) is 17.6 Å². The van der Waals surface area contributed by atoms with E-state index in [1.165, 1.54) is 32.1 Å². The molecular weight excluding hydrogens is 358 g/mol. The van der Waals surface area contributed by atoms with Crippen molar-refractivity contribution in [2.45, 2.75) is 64.3 Å². The van der Waals surface area contributed by atoms with E-state index < -0.39 is 0 Å². The van der Waals surface area contributed by atoms with E-state index in [1.807, 2.05) is 6.92 Å². The molecule has 0 aromatic rings. The first-order valence-electron chi connectivity index (χ1n) is 10.6. The molecule has 5 nitrogen and oxygen atoms in total. The number of fused-ring (bicyclic) bond motifs is 1. The van der Waals surface area contributed by atoms with Crippen LogP contribution >= 0.6 is 11.8 Å². The number of likely N-dealkylation sites (tertiary alicyclic amines) is 2. The summed E-state index contributed by atoms with van der Waals surface area (Å²) >= 11 is 1.79. The minimum Gasteiger partial charge on any atom is -0.369 e. The monoisotopic (exact) mass is 393 g/mol. The van der Waals surface area contributed by atoms with Crippen LogP contribution < -0.4 is 5.73 Å². The van der Waals surface area contributed by atoms with Crippen molar-refractivity contribution in [1.29, 1.82) is 0 Å². The Hall–Kier alpha value is -1.01. The molecule has 0 spiro atoms. The maximum atomic E-state index is 13.0. The highest BCUT2D eigenvalue weighted by Crippen LogP contribution is 2.36. The van der Waals surface area contributed by atoms with Crippen LogP contribution in [0.5, 0.6) is 0 Å². The van der Waals surface area contributed by atoms with Gasteiger partial charge in [-0.3, -0.25) is 14.5 Å². The molecule has 3 fully saturated rings. The number of primary amides is 1. The number of hydrogen-bond acceptors (Lipinski definition) is 4. The summed E-state index contributed by atoms with van der Waals surface area (Å²) in [5.74, 6) is 2.48. The zero-order valence-electron chi connectivity index (χ0n) is 16.7. The third-order valence-corrected chi connectivity index (χ3v) is 7.70. The minimum atomic E-state index is -0.238. The van der Waals surface area contributed by atoms with E-state index in [4.69, 9.17) is 5.73 Å². The van der Waals surface area contributed by atoms with Gasteiger partial charge in [0.25, 0.3) is 0 Å². The number of hydrogen-bond donors (Lipinski definition) is 1. The molecule has 2 aliphatic heterocycles. The van der Waals surface area contributed by atoms with Crippen LogP contribution in [-0.2, 0) is 9.59 Å². The van der Waals surface area contributed by atoms with E-state index in [0.29, 0.717) is 18.5 Å². The zero-order chi connectivity index (χ0) is 19.2. The summed E-state index contributed by atoms with van der Waals surface area (Å²) in [7, 11) is 0. The van der Waals surface area contributed by atoms with E-state index >= 15 is 0 Å². The van der Waals surface area contributed by atoms with Crippen molar-refractivity contribution < 1.29 is 9.59 Å². The van der Waals surface area contributed by atoms with Gasteiger partial charge in [-0.05, 0) is 75.8 Å². The molecule has 2 atom stereocenters. The molecule has 152 valence electrons. The minimum absolute atomic E-state index is 0.238. The predicted octanol–water partition coefficient (Wildman–Crippen LogP) is 3.00. The molecule has 1 aliphatic carbocycles. The van der Waals surface area contributed by atoms with E-state index in [0.717, 1.165) is 56.1 Å². The number of nitrogens with two attached hydrogens (primary N) is 1. The van der Waals surface area contributed by atoms with Gasteiger partial charge in [-0.25, -0.2) is 0 Å². The molecule has 0 aromatic carbocycles. The maximum absolute atomic E-state index is 13.0. The quantitative estimate of drug-likeness (QED) is 0.705. The van der Waals surface area contributed by atoms with Crippen molar-refractivity contribution in [3.63, 3.8) is 0 Å². The van der Waals surface area contributed by atoms with Crippen LogP contribution in [0.4, 0.5) is 0 Å². The molecule has 2 amide bonds. The fourth-order valence-corrected chi connectivity index (χ4v) is 6.05. The zero-order valence-corrected chi connectivity index (χ0v) is 17.5. The number of thioether (sulfide) groups is 1. The fourth-order valence-electron chi connectivity index (χ4n) is 4.99. The SMILES string of the molecule is C/C(=C\SCC1CCN(CC(N)=O)CC1)C(=O)N1CCCC2CCCCC21. The fraction of sp³-hybridized carbons (Fsp3) is 0.810. The lowest BCUT2D eigenvalue weighted by Crippen LogP contribution is -2.49. The summed E-state index contributed by atoms with van der Waals surface area (Å²) in [6.45, 7) is 5.20. The topological polar surface area (TPSA) is 66.6 Å². The van der Waals surface area contributed by atoms with Crippen LogP contribution in [-0.4, -0.2) is 59.6 Å². The largest absolute Gasteiger partial charge is 0.369 e. The average Bonchev–Trinajstić information content (AvgIpc) is 2.68. The maximum Gasteiger partial charge on any atom is 0.250 e. The highest BCUT2D eigenvalue weighted by atomic mass is 32.2. The Morgan fingerprint density at radius 3 is 2.48 bits per heavy atom. The predicted molar refractivity (Wildman–Crippen MR) is 111 cm³/mol. The van der Waals surface area contributed by atoms with Gasteiger partial charge < -0.3 is 10.6 Å². The number of amides is 2. The van der Waals surface area contributed by atoms with Gasteiger partial charge in [-0.15, -0.1) is 11.8 Å². The lowest BCUT2D eigenvalue weighted by Gasteiger charge is -2.44. The van der Waals surface area contributed by atoms with Crippen molar-refractivity contribution in [1.82, 2.24) is 9.80 Å². The molecule has 2 unspecified atom stereocenters. The van der Waals surface area contributed by atoms with Crippen LogP contribution in [0.15, 0.2) is 11.0 Å². The van der Waals surface area contributed by atoms with Gasteiger partial charge in [0.15, 0.2) is 0 Å². The number of nitrogens with zero attached hydrogens (tertiary/aromatic N) is 2. The Morgan fingerprint density at radius 2 is 1.74 bits per heavy atom. The van der Waals surface area contributed by atoms with Crippen LogP contribution in [0.3, 0.4) is 0 Å². The molecule has 1 saturated carbocycles. The summed E-state index contributed by atoms with van der Waals surface area (Å²) in [6, 6.07) is 0.489. The van der Waals surface area contributed by atoms with Crippen molar-refractivity contribution >= 4 is 23.6 Å². The second kappa shape index (κ2) is 9.97. The van der Waals surface area contributed by atoms with E-state index in [1.54, 1.807) is 11.8 Å². The summed E-state index contributed by atoms with van der Waals surface area (Å²) in [4.78, 5) is 28.3. The lowest BCUT2D eigenvalue weighted by atomic mass is 9.78. The van der Waals surface area contributed by atoms with Gasteiger partial charge in [0.2, 0.25) is 11.8 Å². The van der Waals surface area contributed by atoms with Gasteiger partial charge in [-0.1, -0.05) is 12.8 Å². The average molecular weight is 394 g/mol. The molecule has 2 saturated heterocycles. The third kappa shape index (κ3) is 5.74. The van der Waals surface area contributed by atoms with Gasteiger partial charge in [0.05, 0.1) is 6.54 Å². The smallest absolute Gasteiger partial charge is 0.250 e. The van der Waals surface area contributed by atoms with Crippen LogP contribution in [0.1, 0.15) is 58.3 Å². The highest BCUT2D eigenvalue weighted by Gasteiger charge is 2.35. The molecule has 27 heavy (non-hydrogen) atoms. The highest BCUT2D eigenvalue weighted by molar-refractivity contribution is 8.02. The summed E-state index contributed by atoms with van der Waals surface area (Å²) < 4.78 is 0. The summed E-state index contributed by atoms with van der Waals surface area (Å²) in [5, 5.41) is 2.09. The first-order valence-corrected chi connectivity index (χ1v) is 11.7. The Balaban J connectivity index is 1.43. The first-order chi connectivity index (χ1) is 13.0. The van der Waals surface area contributed by atoms with Crippen molar-refractivity contribution in [3.05, 3.63) is 11.0 Å². The molecule has 0 radical (unpaired) electrons. The summed E-state index contributed by atoms with van der Waals surface area (Å²) in [5.41, 5.74) is 6.17. The summed E-state index contributed by atoms with van der Waals surface area (Å²) in [6.07, 6.45) is 9.80. The molecular formula is C21H35N3O2S. The van der Waals surface area contributed by atoms with Crippen molar-refractivity contribution in [2.75, 3.05) is 31.9 Å². The van der Waals surface area contributed by atoms with E-state index in [2.05, 4.69) is 15.2 Å². The molecule has 2 N–H and O–H groups in total. The molecule has 0 bridgehead atoms. The lowest BCUT2D eigenvalue weighted by molar-refractivity contribution is -0.133. The molecule has 3 aliphatic rings. The van der Waals surface area contributed by atoms with Crippen LogP contribution in [0.2, 0.25) is 0 Å². The van der Waals surface area contributed by atoms with E-state index in [-0.39, 0.29) is 11.8 Å². The first kappa shape index (κ1) is 20.7. The van der Waals surface area contributed by atoms with Gasteiger partial charge in [0, 0.05) is 23.9 Å². The number of piperidine rings is 2. The Morgan fingerprint density at radius 1 is 1.04 bits per heavy atom. The number of rotatable bonds is 6. The second-order valence-electron chi connectivity index (χ2n) is 8.57. The van der Waals surface area contributed by atoms with Gasteiger partial charge in [-0.2, -0.15) is 0 Å². The Bertz CT molecular complexity index is 556. The Kier molecular flexibility index (Phi) is 7.65. The normalized spacial score (nSPS) is 28.0. The molecule has 6 heteroatoms. The van der Waals surface area contributed by atoms with Crippen LogP contribution in [0, 0.1) is 11.8 Å². The third-order valence-electron chi connectivity index (χ3n) is 6.52. The molecule has 3 rings (SSSR count).